The van der Waals surface area contributed by atoms with Crippen LogP contribution >= 0.6 is 18.8 Å². The Labute approximate surface area is 274 Å². The second-order valence-corrected chi connectivity index (χ2v) is 5.95. The van der Waals surface area contributed by atoms with E-state index in [1.165, 1.54) is 64.7 Å². The van der Waals surface area contributed by atoms with E-state index in [-0.39, 0.29) is 24.6 Å². The number of hydrogen-bond donors (Lipinski definition) is 2. The number of rotatable bonds is 15. The van der Waals surface area contributed by atoms with E-state index in [1.54, 1.807) is 37.5 Å². The molecule has 0 fully saturated rings. The van der Waals surface area contributed by atoms with E-state index < -0.39 is 20.3 Å². The van der Waals surface area contributed by atoms with Crippen molar-refractivity contribution in [2.24, 2.45) is 0 Å². The molecule has 0 aliphatic carbocycles. The molecule has 0 radical (unpaired) electrons. The van der Waals surface area contributed by atoms with E-state index in [4.69, 9.17) is 72.8 Å². The second kappa shape index (κ2) is 83.4. The van der Waals surface area contributed by atoms with Crippen LogP contribution < -0.4 is 10.6 Å². The van der Waals surface area contributed by atoms with Crippen LogP contribution in [0.4, 0.5) is 0 Å². The maximum atomic E-state index is 8.25. The van der Waals surface area contributed by atoms with Gasteiger partial charge in [-0.05, 0) is 25.7 Å². The van der Waals surface area contributed by atoms with Crippen LogP contribution in [0.2, 0.25) is 0 Å². The maximum Gasteiger partial charge on any atom is 0.125 e. The minimum atomic E-state index is -1.75. The zero-order valence-corrected chi connectivity index (χ0v) is 28.5. The van der Waals surface area contributed by atoms with Crippen LogP contribution in [0.3, 0.4) is 0 Å². The van der Waals surface area contributed by atoms with Gasteiger partial charge < -0.3 is 108 Å². The summed E-state index contributed by atoms with van der Waals surface area (Å²) in [6.07, 6.45) is 9.86. The van der Waals surface area contributed by atoms with Crippen LogP contribution in [-0.2, 0) is 37.5 Å². The molecule has 0 saturated heterocycles. The summed E-state index contributed by atoms with van der Waals surface area (Å²) in [7, 11) is 9.22. The van der Waals surface area contributed by atoms with Crippen molar-refractivity contribution in [2.75, 3.05) is 39.3 Å². The molecule has 0 heterocycles. The molecule has 0 aliphatic rings. The SMILES string of the molecule is O=[N+]([O-])[O-].O=[N+]([O-])[O-].O=[N+]([O-])[O-].O=[N+]([O-])[O-].[Cl][Pt+].[Cl][Pt+].[NH-]CCCCCC[NH2+]CC[NH2+]CCCCCC[NH-].[NH2-].[NH2-].[NH2-].[NH2-]. The Kier molecular flexibility index (Phi) is 144. The van der Waals surface area contributed by atoms with Crippen molar-refractivity contribution >= 4 is 18.8 Å². The Morgan fingerprint density at radius 2 is 0.595 bits per heavy atom. The number of nitrogens with zero attached hydrogens (tertiary/aromatic N) is 4. The van der Waals surface area contributed by atoms with Crippen molar-refractivity contribution in [2.45, 2.75) is 51.4 Å². The van der Waals surface area contributed by atoms with Gasteiger partial charge in [-0.1, -0.05) is 25.7 Å². The van der Waals surface area contributed by atoms with Crippen LogP contribution in [0.1, 0.15) is 51.4 Å². The zero-order chi connectivity index (χ0) is 31.6. The third-order valence-corrected chi connectivity index (χ3v) is 3.24. The fraction of sp³-hybridized carbons (Fsp3) is 1.00. The van der Waals surface area contributed by atoms with Crippen LogP contribution in [0.25, 0.3) is 36.1 Å². The van der Waals surface area contributed by atoms with Crippen molar-refractivity contribution in [3.63, 3.8) is 0 Å². The van der Waals surface area contributed by atoms with E-state index in [2.05, 4.69) is 29.5 Å². The average Bonchev–Trinajstić information content (AvgIpc) is 2.80. The fourth-order valence-corrected chi connectivity index (χ4v) is 2.06. The first-order valence-electron chi connectivity index (χ1n) is 10.3. The van der Waals surface area contributed by atoms with Gasteiger partial charge in [0.25, 0.3) is 0 Å². The first kappa shape index (κ1) is 72.6. The van der Waals surface area contributed by atoms with Crippen molar-refractivity contribution in [3.8, 4) is 0 Å². The van der Waals surface area contributed by atoms with Crippen LogP contribution in [-0.4, -0.2) is 59.6 Å². The number of quaternary nitrogens is 2. The van der Waals surface area contributed by atoms with Crippen molar-refractivity contribution in [1.29, 1.82) is 0 Å². The number of halogens is 2. The third kappa shape index (κ3) is 298. The molecule has 0 aromatic carbocycles. The molecule has 0 saturated carbocycles. The Hall–Kier alpha value is -1.56. The topological polar surface area (TPSA) is 480 Å². The fourth-order valence-electron chi connectivity index (χ4n) is 2.06. The molecule has 0 bridgehead atoms. The number of hydrogen-bond acceptors (Lipinski definition) is 12. The van der Waals surface area contributed by atoms with Crippen molar-refractivity contribution < 1.29 is 68.5 Å². The Morgan fingerprint density at radius 1 is 0.429 bits per heavy atom. The smallest absolute Gasteiger partial charge is 0.125 e. The van der Waals surface area contributed by atoms with Gasteiger partial charge in [-0.15, -0.1) is 0 Å². The van der Waals surface area contributed by atoms with Crippen LogP contribution in [0.5, 0.6) is 0 Å². The molecule has 0 aromatic rings. The Bertz CT molecular complexity index is 413. The predicted molar refractivity (Wildman–Crippen MR) is 153 cm³/mol. The monoisotopic (exact) mass is 1030 g/mol. The summed E-state index contributed by atoms with van der Waals surface area (Å²) in [6.45, 7) is 6.20. The van der Waals surface area contributed by atoms with E-state index >= 15 is 0 Å². The molecule has 0 aromatic heterocycles. The van der Waals surface area contributed by atoms with E-state index in [9.17, 15) is 0 Å². The van der Waals surface area contributed by atoms with Gasteiger partial charge in [0.2, 0.25) is 0 Å². The van der Waals surface area contributed by atoms with E-state index in [0.29, 0.717) is 13.1 Å². The summed E-state index contributed by atoms with van der Waals surface area (Å²) in [6, 6.07) is 0. The maximum absolute atomic E-state index is 8.25. The molecule has 0 aliphatic heterocycles. The quantitative estimate of drug-likeness (QED) is 0.129. The molecular formula is C14H42Cl2N12O12Pt2-6. The molecule has 0 spiro atoms. The van der Waals surface area contributed by atoms with Crippen LogP contribution in [0.15, 0.2) is 0 Å². The Morgan fingerprint density at radius 3 is 0.762 bits per heavy atom. The molecule has 24 nitrogen and oxygen atoms in total. The van der Waals surface area contributed by atoms with Gasteiger partial charge in [0, 0.05) is 0 Å². The normalized spacial score (nSPS) is 7.33. The van der Waals surface area contributed by atoms with Crippen molar-refractivity contribution in [1.82, 2.24) is 0 Å². The molecule has 0 rings (SSSR count). The third-order valence-electron chi connectivity index (χ3n) is 3.24. The molecule has 0 unspecified atom stereocenters. The minimum Gasteiger partial charge on any atom is -0.693 e. The number of unbranched alkanes of at least 4 members (excludes halogenated alkanes) is 6. The van der Waals surface area contributed by atoms with Gasteiger partial charge in [-0.25, -0.2) is 0 Å². The average molecular weight is 1030 g/mol. The molecule has 42 heavy (non-hydrogen) atoms. The van der Waals surface area contributed by atoms with Gasteiger partial charge in [0.05, 0.1) is 33.4 Å². The van der Waals surface area contributed by atoms with E-state index in [1.807, 2.05) is 0 Å². The first-order chi connectivity index (χ1) is 17.8. The molecule has 270 valence electrons. The summed E-state index contributed by atoms with van der Waals surface area (Å²) in [5.41, 5.74) is 14.1. The standard InChI is InChI=1S/C14H32N4.2ClH.4NO3.4H2N.2Pt/c15-9-5-1-3-7-11-17-13-14-18-12-8-4-2-6-10-16;;;4*2-1(3)4;;;;;;/h15-18H,1-14H2;2*1H;;;;;4*1H2;;/q-2;;;8*-1;2*+2. The summed E-state index contributed by atoms with van der Waals surface area (Å²) in [5.74, 6) is 0. The molecule has 0 amide bonds. The van der Waals surface area contributed by atoms with E-state index in [0.717, 1.165) is 12.8 Å². The van der Waals surface area contributed by atoms with Gasteiger partial charge in [0.15, 0.2) is 0 Å². The Balaban J connectivity index is -0.0000000370. The molecular weight excluding hydrogens is 989 g/mol. The summed E-state index contributed by atoms with van der Waals surface area (Å²) in [4.78, 5) is 33.0. The molecule has 0 atom stereocenters. The second-order valence-electron chi connectivity index (χ2n) is 5.95. The van der Waals surface area contributed by atoms with Gasteiger partial charge in [0.1, 0.15) is 13.1 Å². The van der Waals surface area contributed by atoms with Crippen molar-refractivity contribution in [3.05, 3.63) is 97.4 Å². The largest absolute Gasteiger partial charge is 0.693 e. The minimum absolute atomic E-state index is 0. The van der Waals surface area contributed by atoms with Gasteiger partial charge in [-0.2, -0.15) is 13.1 Å². The summed E-state index contributed by atoms with van der Waals surface area (Å²) < 4.78 is 0. The van der Waals surface area contributed by atoms with Gasteiger partial charge in [-0.3, -0.25) is 0 Å². The van der Waals surface area contributed by atoms with Gasteiger partial charge >= 0.3 is 56.4 Å². The zero-order valence-electron chi connectivity index (χ0n) is 22.4. The summed E-state index contributed by atoms with van der Waals surface area (Å²) in [5, 5.41) is 63.9. The predicted octanol–water partition coefficient (Wildman–Crippen LogP) is 4.62. The van der Waals surface area contributed by atoms with Crippen LogP contribution in [0, 0.1) is 61.3 Å². The number of nitrogens with one attached hydrogen (secondary N) is 2. The molecule has 14 N–H and O–H groups in total. The first-order valence-corrected chi connectivity index (χ1v) is 15.9. The number of nitrogens with two attached hydrogens (primary N) is 6. The summed E-state index contributed by atoms with van der Waals surface area (Å²) >= 11 is 3.22. The molecule has 28 heteroatoms.